The number of carbonyl (C=O) groups is 3. The van der Waals surface area contributed by atoms with Crippen molar-refractivity contribution in [2.24, 2.45) is 5.92 Å². The number of methoxy groups -OCH3 is 1. The van der Waals surface area contributed by atoms with Crippen molar-refractivity contribution in [3.05, 3.63) is 65.0 Å². The van der Waals surface area contributed by atoms with Crippen LogP contribution >= 0.6 is 0 Å². The van der Waals surface area contributed by atoms with E-state index in [4.69, 9.17) is 4.74 Å². The maximum absolute atomic E-state index is 13.1. The highest BCUT2D eigenvalue weighted by Crippen LogP contribution is 2.24. The number of esters is 1. The molecule has 2 amide bonds. The average Bonchev–Trinajstić information content (AvgIpc) is 2.74. The minimum Gasteiger partial charge on any atom is -0.465 e. The van der Waals surface area contributed by atoms with Crippen LogP contribution in [-0.4, -0.2) is 42.9 Å². The van der Waals surface area contributed by atoms with Gasteiger partial charge in [-0.1, -0.05) is 6.07 Å². The summed E-state index contributed by atoms with van der Waals surface area (Å²) in [5.74, 6) is -1.65. The molecule has 3 rings (SSSR count). The van der Waals surface area contributed by atoms with Crippen LogP contribution in [0.1, 0.15) is 39.1 Å². The Morgan fingerprint density at radius 2 is 1.86 bits per heavy atom. The molecule has 1 fully saturated rings. The Hall–Kier alpha value is -3.22. The van der Waals surface area contributed by atoms with Gasteiger partial charge in [-0.15, -0.1) is 0 Å². The molecular formula is C22H23FN2O4. The lowest BCUT2D eigenvalue weighted by Gasteiger charge is -2.32. The maximum Gasteiger partial charge on any atom is 0.338 e. The summed E-state index contributed by atoms with van der Waals surface area (Å²) in [6, 6.07) is 10.4. The molecule has 0 radical (unpaired) electrons. The van der Waals surface area contributed by atoms with Gasteiger partial charge in [0.2, 0.25) is 5.91 Å². The molecule has 0 spiro atoms. The summed E-state index contributed by atoms with van der Waals surface area (Å²) >= 11 is 0. The number of halogens is 1. The lowest BCUT2D eigenvalue weighted by Crippen LogP contribution is -2.43. The zero-order chi connectivity index (χ0) is 21.0. The predicted octanol–water partition coefficient (Wildman–Crippen LogP) is 3.41. The third kappa shape index (κ3) is 4.62. The van der Waals surface area contributed by atoms with Crippen LogP contribution in [0.4, 0.5) is 10.1 Å². The largest absolute Gasteiger partial charge is 0.465 e. The van der Waals surface area contributed by atoms with Crippen LogP contribution in [0.25, 0.3) is 0 Å². The Bertz CT molecular complexity index is 927. The molecule has 1 heterocycles. The van der Waals surface area contributed by atoms with Gasteiger partial charge in [0.05, 0.1) is 18.6 Å². The molecule has 1 aliphatic heterocycles. The maximum atomic E-state index is 13.1. The highest BCUT2D eigenvalue weighted by molar-refractivity contribution is 5.98. The van der Waals surface area contributed by atoms with E-state index in [0.29, 0.717) is 41.8 Å². The van der Waals surface area contributed by atoms with Gasteiger partial charge in [-0.05, 0) is 61.7 Å². The fraction of sp³-hybridized carbons (Fsp3) is 0.318. The van der Waals surface area contributed by atoms with Crippen molar-refractivity contribution >= 4 is 23.5 Å². The summed E-state index contributed by atoms with van der Waals surface area (Å²) in [4.78, 5) is 38.9. The first-order valence-corrected chi connectivity index (χ1v) is 9.44. The number of likely N-dealkylation sites (tertiary alicyclic amines) is 1. The van der Waals surface area contributed by atoms with Crippen molar-refractivity contribution < 1.29 is 23.5 Å². The minimum absolute atomic E-state index is 0.202. The van der Waals surface area contributed by atoms with Crippen molar-refractivity contribution in [2.45, 2.75) is 19.8 Å². The molecule has 1 N–H and O–H groups in total. The molecule has 6 nitrogen and oxygen atoms in total. The number of nitrogens with zero attached hydrogens (tertiary/aromatic N) is 1. The van der Waals surface area contributed by atoms with Gasteiger partial charge in [0.1, 0.15) is 5.82 Å². The first kappa shape index (κ1) is 20.5. The van der Waals surface area contributed by atoms with Crippen molar-refractivity contribution in [2.75, 3.05) is 25.5 Å². The van der Waals surface area contributed by atoms with Crippen LogP contribution < -0.4 is 5.32 Å². The fourth-order valence-corrected chi connectivity index (χ4v) is 3.49. The summed E-state index contributed by atoms with van der Waals surface area (Å²) < 4.78 is 17.9. The van der Waals surface area contributed by atoms with Crippen LogP contribution in [0.2, 0.25) is 0 Å². The van der Waals surface area contributed by atoms with E-state index in [-0.39, 0.29) is 24.3 Å². The van der Waals surface area contributed by atoms with Gasteiger partial charge in [-0.2, -0.15) is 0 Å². The standard InChI is InChI=1S/C22H23FN2O4/c1-14-18(22(28)29-2)6-3-7-19(14)24-20(26)16-5-4-12-25(13-16)21(27)15-8-10-17(23)11-9-15/h3,6-11,16H,4-5,12-13H2,1-2H3,(H,24,26). The van der Waals surface area contributed by atoms with Gasteiger partial charge in [-0.3, -0.25) is 9.59 Å². The molecule has 0 aliphatic carbocycles. The van der Waals surface area contributed by atoms with Crippen molar-refractivity contribution in [3.63, 3.8) is 0 Å². The van der Waals surface area contributed by atoms with E-state index in [1.165, 1.54) is 31.4 Å². The summed E-state index contributed by atoms with van der Waals surface area (Å²) in [7, 11) is 1.31. The normalized spacial score (nSPS) is 16.2. The van der Waals surface area contributed by atoms with E-state index < -0.39 is 11.8 Å². The van der Waals surface area contributed by atoms with E-state index in [1.54, 1.807) is 30.0 Å². The van der Waals surface area contributed by atoms with E-state index in [9.17, 15) is 18.8 Å². The summed E-state index contributed by atoms with van der Waals surface area (Å²) in [6.45, 7) is 2.59. The third-order valence-corrected chi connectivity index (χ3v) is 5.17. The zero-order valence-electron chi connectivity index (χ0n) is 16.4. The molecule has 0 bridgehead atoms. The van der Waals surface area contributed by atoms with E-state index in [0.717, 1.165) is 0 Å². The molecule has 2 aromatic rings. The van der Waals surface area contributed by atoms with Crippen LogP contribution in [0, 0.1) is 18.7 Å². The number of benzene rings is 2. The smallest absolute Gasteiger partial charge is 0.338 e. The fourth-order valence-electron chi connectivity index (χ4n) is 3.49. The van der Waals surface area contributed by atoms with Crippen LogP contribution in [0.3, 0.4) is 0 Å². The number of piperidine rings is 1. The number of carbonyl (C=O) groups excluding carboxylic acids is 3. The van der Waals surface area contributed by atoms with Crippen LogP contribution in [-0.2, 0) is 9.53 Å². The first-order chi connectivity index (χ1) is 13.9. The second kappa shape index (κ2) is 8.86. The highest BCUT2D eigenvalue weighted by atomic mass is 19.1. The number of hydrogen-bond acceptors (Lipinski definition) is 4. The molecule has 7 heteroatoms. The second-order valence-corrected chi connectivity index (χ2v) is 7.06. The Morgan fingerprint density at radius 3 is 2.55 bits per heavy atom. The SMILES string of the molecule is COC(=O)c1cccc(NC(=O)C2CCCN(C(=O)c3ccc(F)cc3)C2)c1C. The van der Waals surface area contributed by atoms with Crippen molar-refractivity contribution in [1.29, 1.82) is 0 Å². The Labute approximate surface area is 168 Å². The summed E-state index contributed by atoms with van der Waals surface area (Å²) in [6.07, 6.45) is 1.36. The van der Waals surface area contributed by atoms with Gasteiger partial charge in [-0.25, -0.2) is 9.18 Å². The quantitative estimate of drug-likeness (QED) is 0.801. The Morgan fingerprint density at radius 1 is 1.14 bits per heavy atom. The molecule has 152 valence electrons. The van der Waals surface area contributed by atoms with Crippen molar-refractivity contribution in [1.82, 2.24) is 4.90 Å². The monoisotopic (exact) mass is 398 g/mol. The molecule has 2 aromatic carbocycles. The van der Waals surface area contributed by atoms with Gasteiger partial charge in [0.25, 0.3) is 5.91 Å². The lowest BCUT2D eigenvalue weighted by atomic mass is 9.96. The molecule has 1 atom stereocenters. The number of hydrogen-bond donors (Lipinski definition) is 1. The predicted molar refractivity (Wildman–Crippen MR) is 106 cm³/mol. The number of nitrogens with one attached hydrogen (secondary N) is 1. The van der Waals surface area contributed by atoms with E-state index in [2.05, 4.69) is 5.32 Å². The average molecular weight is 398 g/mol. The Balaban J connectivity index is 1.69. The third-order valence-electron chi connectivity index (χ3n) is 5.17. The second-order valence-electron chi connectivity index (χ2n) is 7.06. The van der Waals surface area contributed by atoms with Crippen LogP contribution in [0.5, 0.6) is 0 Å². The lowest BCUT2D eigenvalue weighted by molar-refractivity contribution is -0.121. The molecular weight excluding hydrogens is 375 g/mol. The summed E-state index contributed by atoms with van der Waals surface area (Å²) in [5.41, 5.74) is 1.96. The number of amides is 2. The van der Waals surface area contributed by atoms with E-state index >= 15 is 0 Å². The number of rotatable bonds is 4. The van der Waals surface area contributed by atoms with E-state index in [1.807, 2.05) is 0 Å². The molecule has 0 saturated carbocycles. The molecule has 29 heavy (non-hydrogen) atoms. The summed E-state index contributed by atoms with van der Waals surface area (Å²) in [5, 5.41) is 2.87. The first-order valence-electron chi connectivity index (χ1n) is 9.44. The van der Waals surface area contributed by atoms with Crippen molar-refractivity contribution in [3.8, 4) is 0 Å². The highest BCUT2D eigenvalue weighted by Gasteiger charge is 2.29. The topological polar surface area (TPSA) is 75.7 Å². The molecule has 1 unspecified atom stereocenters. The van der Waals surface area contributed by atoms with Gasteiger partial charge < -0.3 is 15.0 Å². The zero-order valence-corrected chi connectivity index (χ0v) is 16.4. The number of ether oxygens (including phenoxy) is 1. The van der Waals surface area contributed by atoms with Gasteiger partial charge >= 0.3 is 5.97 Å². The molecule has 1 saturated heterocycles. The van der Waals surface area contributed by atoms with Gasteiger partial charge in [0.15, 0.2) is 0 Å². The van der Waals surface area contributed by atoms with Gasteiger partial charge in [0, 0.05) is 24.3 Å². The minimum atomic E-state index is -0.465. The Kier molecular flexibility index (Phi) is 6.26. The molecule has 0 aromatic heterocycles. The van der Waals surface area contributed by atoms with Crippen LogP contribution in [0.15, 0.2) is 42.5 Å². The number of anilines is 1. The molecule has 1 aliphatic rings.